The Morgan fingerprint density at radius 2 is 2.13 bits per heavy atom. The van der Waals surface area contributed by atoms with E-state index in [1.165, 1.54) is 6.92 Å². The molecule has 130 valence electrons. The molecule has 0 saturated carbocycles. The van der Waals surface area contributed by atoms with E-state index in [-0.39, 0.29) is 17.7 Å². The van der Waals surface area contributed by atoms with Crippen molar-refractivity contribution in [3.8, 4) is 0 Å². The van der Waals surface area contributed by atoms with Crippen LogP contribution in [0.4, 0.5) is 0 Å². The van der Waals surface area contributed by atoms with Gasteiger partial charge >= 0.3 is 0 Å². The van der Waals surface area contributed by atoms with Crippen molar-refractivity contribution < 1.29 is 19.5 Å². The van der Waals surface area contributed by atoms with Crippen molar-refractivity contribution in [3.63, 3.8) is 0 Å². The standard InChI is InChI=1S/C15H26N4O4/c1-8(2)6-19-10(4-5-15(19)7-17-14(15)23)13(22)18-11(9(3)20)12(16)21/h8-11,20H,4-7H2,1-3H3,(H2,16,21)(H,17,23)(H,18,22)/t9-,10?,11+,15?/m1/s1. The third-order valence-corrected chi connectivity index (χ3v) is 4.67. The minimum Gasteiger partial charge on any atom is -0.391 e. The summed E-state index contributed by atoms with van der Waals surface area (Å²) in [5.74, 6) is -0.905. The van der Waals surface area contributed by atoms with Crippen LogP contribution < -0.4 is 16.4 Å². The number of hydrogen-bond acceptors (Lipinski definition) is 5. The molecule has 1 spiro atoms. The van der Waals surface area contributed by atoms with Crippen LogP contribution >= 0.6 is 0 Å². The summed E-state index contributed by atoms with van der Waals surface area (Å²) >= 11 is 0. The Morgan fingerprint density at radius 1 is 1.48 bits per heavy atom. The fraction of sp³-hybridized carbons (Fsp3) is 0.800. The lowest BCUT2D eigenvalue weighted by molar-refractivity contribution is -0.145. The van der Waals surface area contributed by atoms with Crippen LogP contribution in [0.3, 0.4) is 0 Å². The molecule has 23 heavy (non-hydrogen) atoms. The first-order chi connectivity index (χ1) is 10.7. The molecule has 5 N–H and O–H groups in total. The second kappa shape index (κ2) is 6.45. The van der Waals surface area contributed by atoms with Gasteiger partial charge in [0.15, 0.2) is 0 Å². The number of likely N-dealkylation sites (tertiary alicyclic amines) is 1. The Labute approximate surface area is 135 Å². The van der Waals surface area contributed by atoms with E-state index in [2.05, 4.69) is 10.6 Å². The summed E-state index contributed by atoms with van der Waals surface area (Å²) < 4.78 is 0. The first-order valence-corrected chi connectivity index (χ1v) is 8.02. The van der Waals surface area contributed by atoms with E-state index in [0.717, 1.165) is 0 Å². The number of aliphatic hydroxyl groups excluding tert-OH is 1. The van der Waals surface area contributed by atoms with Crippen molar-refractivity contribution >= 4 is 17.7 Å². The lowest BCUT2D eigenvalue weighted by atomic mass is 9.88. The van der Waals surface area contributed by atoms with Gasteiger partial charge in [-0.25, -0.2) is 0 Å². The van der Waals surface area contributed by atoms with E-state index in [9.17, 15) is 19.5 Å². The molecule has 2 saturated heterocycles. The smallest absolute Gasteiger partial charge is 0.242 e. The van der Waals surface area contributed by atoms with E-state index in [0.29, 0.717) is 25.9 Å². The van der Waals surface area contributed by atoms with Gasteiger partial charge in [-0.3, -0.25) is 19.3 Å². The second-order valence-electron chi connectivity index (χ2n) is 6.94. The van der Waals surface area contributed by atoms with Gasteiger partial charge in [0.2, 0.25) is 17.7 Å². The zero-order valence-electron chi connectivity index (χ0n) is 13.8. The quantitative estimate of drug-likeness (QED) is 0.434. The number of hydrogen-bond donors (Lipinski definition) is 4. The number of β-lactam (4-membered cyclic amide) rings is 1. The van der Waals surface area contributed by atoms with Crippen LogP contribution in [0, 0.1) is 5.92 Å². The average molecular weight is 326 g/mol. The summed E-state index contributed by atoms with van der Waals surface area (Å²) in [7, 11) is 0. The third kappa shape index (κ3) is 3.18. The van der Waals surface area contributed by atoms with Gasteiger partial charge in [-0.1, -0.05) is 13.8 Å². The molecule has 0 radical (unpaired) electrons. The van der Waals surface area contributed by atoms with Crippen LogP contribution in [-0.2, 0) is 14.4 Å². The summed E-state index contributed by atoms with van der Waals surface area (Å²) in [6, 6.07) is -1.63. The van der Waals surface area contributed by atoms with Crippen molar-refractivity contribution in [3.05, 3.63) is 0 Å². The molecular formula is C15H26N4O4. The molecule has 4 atom stereocenters. The maximum absolute atomic E-state index is 12.6. The van der Waals surface area contributed by atoms with Crippen LogP contribution in [0.5, 0.6) is 0 Å². The Kier molecular flexibility index (Phi) is 4.95. The second-order valence-corrected chi connectivity index (χ2v) is 6.94. The predicted octanol–water partition coefficient (Wildman–Crippen LogP) is -1.67. The molecule has 8 heteroatoms. The number of aliphatic hydroxyl groups is 1. The molecule has 8 nitrogen and oxygen atoms in total. The maximum Gasteiger partial charge on any atom is 0.242 e. The van der Waals surface area contributed by atoms with Gasteiger partial charge < -0.3 is 21.5 Å². The first kappa shape index (κ1) is 17.7. The monoisotopic (exact) mass is 326 g/mol. The van der Waals surface area contributed by atoms with Crippen LogP contribution in [0.15, 0.2) is 0 Å². The highest BCUT2D eigenvalue weighted by atomic mass is 16.3. The number of carbonyl (C=O) groups is 3. The lowest BCUT2D eigenvalue weighted by Gasteiger charge is -2.46. The molecule has 2 fully saturated rings. The Bertz CT molecular complexity index is 508. The number of nitrogens with zero attached hydrogens (tertiary/aromatic N) is 1. The molecule has 2 unspecified atom stereocenters. The van der Waals surface area contributed by atoms with Crippen molar-refractivity contribution in [1.82, 2.24) is 15.5 Å². The number of primary amides is 1. The van der Waals surface area contributed by atoms with Crippen molar-refractivity contribution in [2.45, 2.75) is 57.3 Å². The number of nitrogens with one attached hydrogen (secondary N) is 2. The van der Waals surface area contributed by atoms with E-state index >= 15 is 0 Å². The number of amides is 3. The number of carbonyl (C=O) groups excluding carboxylic acids is 3. The zero-order chi connectivity index (χ0) is 17.4. The van der Waals surface area contributed by atoms with Crippen molar-refractivity contribution in [1.29, 1.82) is 0 Å². The van der Waals surface area contributed by atoms with Crippen molar-refractivity contribution in [2.24, 2.45) is 11.7 Å². The highest BCUT2D eigenvalue weighted by Gasteiger charge is 2.58. The number of rotatable bonds is 6. The van der Waals surface area contributed by atoms with Crippen LogP contribution in [0.1, 0.15) is 33.6 Å². The van der Waals surface area contributed by atoms with Crippen LogP contribution in [-0.4, -0.2) is 64.5 Å². The van der Waals surface area contributed by atoms with Gasteiger partial charge in [-0.15, -0.1) is 0 Å². The SMILES string of the molecule is CC(C)CN1C(C(=O)N[C@H](C(N)=O)[C@@H](C)O)CCC12CNC2=O. The fourth-order valence-corrected chi connectivity index (χ4v) is 3.42. The normalized spacial score (nSPS) is 30.0. The molecule has 0 bridgehead atoms. The van der Waals surface area contributed by atoms with Gasteiger partial charge in [0, 0.05) is 13.1 Å². The van der Waals surface area contributed by atoms with Gasteiger partial charge in [-0.05, 0) is 25.7 Å². The van der Waals surface area contributed by atoms with Gasteiger partial charge in [-0.2, -0.15) is 0 Å². The maximum atomic E-state index is 12.6. The summed E-state index contributed by atoms with van der Waals surface area (Å²) in [6.45, 7) is 6.61. The van der Waals surface area contributed by atoms with E-state index in [4.69, 9.17) is 5.73 Å². The van der Waals surface area contributed by atoms with Gasteiger partial charge in [0.05, 0.1) is 12.1 Å². The summed E-state index contributed by atoms with van der Waals surface area (Å²) in [6.07, 6.45) is 0.0777. The van der Waals surface area contributed by atoms with Gasteiger partial charge in [0.1, 0.15) is 11.6 Å². The highest BCUT2D eigenvalue weighted by molar-refractivity contribution is 5.95. The van der Waals surface area contributed by atoms with Gasteiger partial charge in [0.25, 0.3) is 0 Å². The summed E-state index contributed by atoms with van der Waals surface area (Å²) in [4.78, 5) is 37.9. The molecule has 2 heterocycles. The van der Waals surface area contributed by atoms with Crippen LogP contribution in [0.25, 0.3) is 0 Å². The number of nitrogens with two attached hydrogens (primary N) is 1. The van der Waals surface area contributed by atoms with E-state index < -0.39 is 29.6 Å². The first-order valence-electron chi connectivity index (χ1n) is 8.02. The molecule has 2 rings (SSSR count). The molecule has 0 aliphatic carbocycles. The molecule has 2 aliphatic heterocycles. The molecule has 0 aromatic heterocycles. The minimum absolute atomic E-state index is 0.0459. The van der Waals surface area contributed by atoms with E-state index in [1.807, 2.05) is 18.7 Å². The zero-order valence-corrected chi connectivity index (χ0v) is 13.8. The lowest BCUT2D eigenvalue weighted by Crippen LogP contribution is -2.72. The predicted molar refractivity (Wildman–Crippen MR) is 83.1 cm³/mol. The fourth-order valence-electron chi connectivity index (χ4n) is 3.42. The van der Waals surface area contributed by atoms with Crippen molar-refractivity contribution in [2.75, 3.05) is 13.1 Å². The Morgan fingerprint density at radius 3 is 2.52 bits per heavy atom. The Balaban J connectivity index is 2.15. The van der Waals surface area contributed by atoms with Crippen LogP contribution in [0.2, 0.25) is 0 Å². The molecule has 2 aliphatic rings. The topological polar surface area (TPSA) is 125 Å². The highest BCUT2D eigenvalue weighted by Crippen LogP contribution is 2.38. The largest absolute Gasteiger partial charge is 0.391 e. The molecule has 0 aromatic carbocycles. The average Bonchev–Trinajstić information content (AvgIpc) is 2.83. The minimum atomic E-state index is -1.13. The third-order valence-electron chi connectivity index (χ3n) is 4.67. The molecular weight excluding hydrogens is 300 g/mol. The van der Waals surface area contributed by atoms with E-state index in [1.54, 1.807) is 0 Å². The molecule has 3 amide bonds. The summed E-state index contributed by atoms with van der Waals surface area (Å²) in [5.41, 5.74) is 4.61. The Hall–Kier alpha value is -1.67. The molecule has 0 aromatic rings. The summed E-state index contributed by atoms with van der Waals surface area (Å²) in [5, 5.41) is 14.9.